The van der Waals surface area contributed by atoms with Gasteiger partial charge < -0.3 is 0 Å². The first kappa shape index (κ1) is 13.3. The zero-order chi connectivity index (χ0) is 9.11. The molecule has 1 saturated carbocycles. The number of rotatable bonds is 0. The second-order valence-corrected chi connectivity index (χ2v) is 3.15. The lowest BCUT2D eigenvalue weighted by Crippen LogP contribution is -2.04. The van der Waals surface area contributed by atoms with Gasteiger partial charge in [-0.1, -0.05) is 52.5 Å². The monoisotopic (exact) mass is 156 g/mol. The zero-order valence-electron chi connectivity index (χ0n) is 8.69. The highest BCUT2D eigenvalue weighted by molar-refractivity contribution is 4.62. The molecule has 0 aromatic heterocycles. The van der Waals surface area contributed by atoms with Crippen molar-refractivity contribution in [2.24, 2.45) is 5.92 Å². The van der Waals surface area contributed by atoms with E-state index in [2.05, 4.69) is 27.4 Å². The fourth-order valence-electron chi connectivity index (χ4n) is 0.612. The van der Waals surface area contributed by atoms with Crippen LogP contribution in [0.3, 0.4) is 0 Å². The largest absolute Gasteiger partial charge is 0.103 e. The summed E-state index contributed by atoms with van der Waals surface area (Å²) >= 11 is 0. The molecule has 1 rings (SSSR count). The highest BCUT2D eigenvalue weighted by atomic mass is 14.1. The molecule has 0 radical (unpaired) electrons. The van der Waals surface area contributed by atoms with Crippen molar-refractivity contribution in [2.75, 3.05) is 0 Å². The molecule has 68 valence electrons. The van der Waals surface area contributed by atoms with Crippen LogP contribution in [0.25, 0.3) is 0 Å². The summed E-state index contributed by atoms with van der Waals surface area (Å²) in [5, 5.41) is 0. The Morgan fingerprint density at radius 3 is 1.55 bits per heavy atom. The standard InChI is InChI=1S/C5H10.C3H8.C3H6/c1-5-3-2-4-5;2*1-3-2/h5H,2-4H2,1H3;3H2,1-2H3;3H,1H2,2H3. The van der Waals surface area contributed by atoms with Gasteiger partial charge in [0.15, 0.2) is 0 Å². The van der Waals surface area contributed by atoms with Gasteiger partial charge >= 0.3 is 0 Å². The first-order valence-corrected chi connectivity index (χ1v) is 4.79. The average Bonchev–Trinajstić information content (AvgIpc) is 1.87. The Balaban J connectivity index is 0. The first-order valence-electron chi connectivity index (χ1n) is 4.79. The summed E-state index contributed by atoms with van der Waals surface area (Å²) < 4.78 is 0. The van der Waals surface area contributed by atoms with Crippen LogP contribution in [0.4, 0.5) is 0 Å². The van der Waals surface area contributed by atoms with Crippen LogP contribution < -0.4 is 0 Å². The lowest BCUT2D eigenvalue weighted by Gasteiger charge is -2.18. The Kier molecular flexibility index (Phi) is 15.1. The van der Waals surface area contributed by atoms with E-state index >= 15 is 0 Å². The molecule has 0 bridgehead atoms. The maximum absolute atomic E-state index is 3.36. The summed E-state index contributed by atoms with van der Waals surface area (Å²) in [5.74, 6) is 1.06. The third-order valence-electron chi connectivity index (χ3n) is 1.39. The van der Waals surface area contributed by atoms with E-state index in [1.807, 2.05) is 6.92 Å². The van der Waals surface area contributed by atoms with Crippen LogP contribution in [0.5, 0.6) is 0 Å². The Labute approximate surface area is 72.7 Å². The van der Waals surface area contributed by atoms with Crippen molar-refractivity contribution in [3.8, 4) is 0 Å². The maximum Gasteiger partial charge on any atom is -0.0443 e. The van der Waals surface area contributed by atoms with Crippen LogP contribution in [-0.4, -0.2) is 0 Å². The van der Waals surface area contributed by atoms with Crippen LogP contribution in [0.2, 0.25) is 0 Å². The minimum absolute atomic E-state index is 1.06. The summed E-state index contributed by atoms with van der Waals surface area (Å²) in [5.41, 5.74) is 0. The highest BCUT2D eigenvalue weighted by Gasteiger charge is 2.09. The fraction of sp³-hybridized carbons (Fsp3) is 0.818. The molecule has 0 aromatic rings. The molecule has 0 atom stereocenters. The topological polar surface area (TPSA) is 0 Å². The third kappa shape index (κ3) is 17.7. The first-order chi connectivity index (χ1) is 5.22. The average molecular weight is 156 g/mol. The van der Waals surface area contributed by atoms with Crippen LogP contribution >= 0.6 is 0 Å². The minimum Gasteiger partial charge on any atom is -0.103 e. The number of hydrogen-bond acceptors (Lipinski definition) is 0. The van der Waals surface area contributed by atoms with Gasteiger partial charge in [-0.25, -0.2) is 0 Å². The molecule has 0 heterocycles. The normalized spacial score (nSPS) is 14.5. The van der Waals surface area contributed by atoms with E-state index in [1.54, 1.807) is 6.08 Å². The van der Waals surface area contributed by atoms with Gasteiger partial charge in [0.1, 0.15) is 0 Å². The number of hydrogen-bond donors (Lipinski definition) is 0. The van der Waals surface area contributed by atoms with Gasteiger partial charge in [-0.3, -0.25) is 0 Å². The summed E-state index contributed by atoms with van der Waals surface area (Å²) in [4.78, 5) is 0. The van der Waals surface area contributed by atoms with Crippen molar-refractivity contribution in [3.05, 3.63) is 12.7 Å². The van der Waals surface area contributed by atoms with E-state index in [-0.39, 0.29) is 0 Å². The van der Waals surface area contributed by atoms with Gasteiger partial charge in [0.2, 0.25) is 0 Å². The molecule has 1 aliphatic rings. The molecule has 1 fully saturated rings. The van der Waals surface area contributed by atoms with Crippen LogP contribution in [0, 0.1) is 5.92 Å². The number of allylic oxidation sites excluding steroid dienone is 1. The Morgan fingerprint density at radius 1 is 1.36 bits per heavy atom. The lowest BCUT2D eigenvalue weighted by molar-refractivity contribution is 0.346. The SMILES string of the molecule is C=CC.CC1CCC1.CCC. The third-order valence-corrected chi connectivity index (χ3v) is 1.39. The maximum atomic E-state index is 3.36. The molecule has 1 aliphatic carbocycles. The Bertz CT molecular complexity index is 60.4. The molecular weight excluding hydrogens is 132 g/mol. The van der Waals surface area contributed by atoms with Gasteiger partial charge in [-0.05, 0) is 12.8 Å². The molecular formula is C11H24. The molecule has 0 aromatic carbocycles. The smallest absolute Gasteiger partial charge is 0.0443 e. The molecule has 0 aliphatic heterocycles. The molecule has 0 saturated heterocycles. The van der Waals surface area contributed by atoms with Gasteiger partial charge in [0.05, 0.1) is 0 Å². The van der Waals surface area contributed by atoms with E-state index in [0.717, 1.165) is 5.92 Å². The molecule has 0 N–H and O–H groups in total. The van der Waals surface area contributed by atoms with Gasteiger partial charge in [-0.15, -0.1) is 6.58 Å². The van der Waals surface area contributed by atoms with Crippen LogP contribution in [0.15, 0.2) is 12.7 Å². The second-order valence-electron chi connectivity index (χ2n) is 3.15. The highest BCUT2D eigenvalue weighted by Crippen LogP contribution is 2.24. The summed E-state index contributed by atoms with van der Waals surface area (Å²) in [7, 11) is 0. The molecule has 0 unspecified atom stereocenters. The summed E-state index contributed by atoms with van der Waals surface area (Å²) in [6.07, 6.45) is 7.46. The minimum atomic E-state index is 1.06. The lowest BCUT2D eigenvalue weighted by atomic mass is 9.88. The zero-order valence-corrected chi connectivity index (χ0v) is 8.69. The Morgan fingerprint density at radius 2 is 1.55 bits per heavy atom. The van der Waals surface area contributed by atoms with Crippen molar-refractivity contribution >= 4 is 0 Å². The molecule has 0 amide bonds. The quantitative estimate of drug-likeness (QED) is 0.456. The summed E-state index contributed by atoms with van der Waals surface area (Å²) in [6, 6.07) is 0. The Hall–Kier alpha value is -0.260. The van der Waals surface area contributed by atoms with E-state index < -0.39 is 0 Å². The van der Waals surface area contributed by atoms with Gasteiger partial charge in [0, 0.05) is 0 Å². The van der Waals surface area contributed by atoms with Crippen LogP contribution in [-0.2, 0) is 0 Å². The predicted octanol–water partition coefficient (Wildman–Crippen LogP) is 4.42. The predicted molar refractivity (Wildman–Crippen MR) is 54.9 cm³/mol. The van der Waals surface area contributed by atoms with E-state index in [4.69, 9.17) is 0 Å². The molecule has 0 nitrogen and oxygen atoms in total. The van der Waals surface area contributed by atoms with Crippen molar-refractivity contribution in [3.63, 3.8) is 0 Å². The van der Waals surface area contributed by atoms with Crippen molar-refractivity contribution in [1.82, 2.24) is 0 Å². The fourth-order valence-corrected chi connectivity index (χ4v) is 0.612. The van der Waals surface area contributed by atoms with E-state index in [0.29, 0.717) is 0 Å². The van der Waals surface area contributed by atoms with E-state index in [1.165, 1.54) is 25.7 Å². The van der Waals surface area contributed by atoms with Crippen LogP contribution in [0.1, 0.15) is 53.4 Å². The van der Waals surface area contributed by atoms with E-state index in [9.17, 15) is 0 Å². The van der Waals surface area contributed by atoms with Crippen molar-refractivity contribution in [2.45, 2.75) is 53.4 Å². The van der Waals surface area contributed by atoms with Crippen molar-refractivity contribution in [1.29, 1.82) is 0 Å². The summed E-state index contributed by atoms with van der Waals surface area (Å²) in [6.45, 7) is 11.8. The van der Waals surface area contributed by atoms with Crippen molar-refractivity contribution < 1.29 is 0 Å². The molecule has 0 heteroatoms. The molecule has 11 heavy (non-hydrogen) atoms. The van der Waals surface area contributed by atoms with Gasteiger partial charge in [-0.2, -0.15) is 0 Å². The van der Waals surface area contributed by atoms with Gasteiger partial charge in [0.25, 0.3) is 0 Å². The second kappa shape index (κ2) is 12.4. The molecule has 0 spiro atoms.